The Kier molecular flexibility index (Phi) is 7.82. The van der Waals surface area contributed by atoms with Gasteiger partial charge in [0.25, 0.3) is 6.47 Å². The average molecular weight is 528 g/mol. The van der Waals surface area contributed by atoms with E-state index in [1.807, 2.05) is 0 Å². The van der Waals surface area contributed by atoms with Gasteiger partial charge in [0.15, 0.2) is 0 Å². The number of hydrogen-bond donors (Lipinski definition) is 1. The van der Waals surface area contributed by atoms with E-state index in [0.29, 0.717) is 17.8 Å². The number of rotatable bonds is 7. The molecule has 1 heterocycles. The molecule has 0 aromatic heterocycles. The predicted octanol–water partition coefficient (Wildman–Crippen LogP) is 6.35. The van der Waals surface area contributed by atoms with Crippen LogP contribution in [0.25, 0.3) is 0 Å². The van der Waals surface area contributed by atoms with Crippen molar-refractivity contribution in [1.82, 2.24) is 5.32 Å². The lowest BCUT2D eigenvalue weighted by Crippen LogP contribution is -2.43. The van der Waals surface area contributed by atoms with Gasteiger partial charge >= 0.3 is 18.5 Å². The van der Waals surface area contributed by atoms with E-state index >= 15 is 0 Å². The summed E-state index contributed by atoms with van der Waals surface area (Å²) < 4.78 is 124. The summed E-state index contributed by atoms with van der Waals surface area (Å²) >= 11 is 0. The molecule has 4 nitrogen and oxygen atoms in total. The number of nitrogens with one attached hydrogen (secondary N) is 1. The van der Waals surface area contributed by atoms with E-state index in [2.05, 4.69) is 10.1 Å². The van der Waals surface area contributed by atoms with Crippen LogP contribution in [-0.4, -0.2) is 25.7 Å². The molecule has 0 saturated carbocycles. The monoisotopic (exact) mass is 528 g/mol. The van der Waals surface area contributed by atoms with Gasteiger partial charge in [0.1, 0.15) is 6.61 Å². The molecule has 36 heavy (non-hydrogen) atoms. The lowest BCUT2D eigenvalue weighted by Gasteiger charge is -2.41. The second-order valence-corrected chi connectivity index (χ2v) is 8.36. The fourth-order valence-electron chi connectivity index (χ4n) is 4.20. The van der Waals surface area contributed by atoms with Gasteiger partial charge in [0, 0.05) is 24.3 Å². The number of hydrogen-bond acceptors (Lipinski definition) is 4. The third kappa shape index (κ3) is 6.42. The molecular formula is C23H21F9N2O2. The molecule has 198 valence electrons. The summed E-state index contributed by atoms with van der Waals surface area (Å²) in [5, 5.41) is 2.83. The van der Waals surface area contributed by atoms with Crippen molar-refractivity contribution >= 4 is 12.2 Å². The second kappa shape index (κ2) is 10.2. The summed E-state index contributed by atoms with van der Waals surface area (Å²) in [4.78, 5) is 12.2. The Labute approximate surface area is 200 Å². The third-order valence-corrected chi connectivity index (χ3v) is 5.87. The lowest BCUT2D eigenvalue weighted by molar-refractivity contribution is -0.143. The quantitative estimate of drug-likeness (QED) is 0.259. The highest BCUT2D eigenvalue weighted by atomic mass is 19.4. The molecule has 1 N–H and O–H groups in total. The minimum absolute atomic E-state index is 0.0103. The number of fused-ring (bicyclic) bond motifs is 1. The first-order valence-corrected chi connectivity index (χ1v) is 10.7. The number of carbonyl (C=O) groups excluding carboxylic acids is 1. The minimum Gasteiger partial charge on any atom is -0.466 e. The Morgan fingerprint density at radius 2 is 1.50 bits per heavy atom. The minimum atomic E-state index is -5.02. The number of nitrogens with zero attached hydrogens (tertiary/aromatic N) is 1. The molecule has 0 saturated heterocycles. The third-order valence-electron chi connectivity index (χ3n) is 5.87. The summed E-state index contributed by atoms with van der Waals surface area (Å²) in [6.07, 6.45) is -14.5. The molecule has 0 bridgehead atoms. The van der Waals surface area contributed by atoms with E-state index in [4.69, 9.17) is 0 Å². The lowest BCUT2D eigenvalue weighted by atomic mass is 9.90. The van der Waals surface area contributed by atoms with E-state index in [0.717, 1.165) is 12.1 Å². The van der Waals surface area contributed by atoms with Crippen molar-refractivity contribution in [3.8, 4) is 0 Å². The number of ether oxygens (including phenoxy) is 1. The maximum Gasteiger partial charge on any atom is 0.416 e. The van der Waals surface area contributed by atoms with Gasteiger partial charge in [-0.05, 0) is 60.9 Å². The van der Waals surface area contributed by atoms with Crippen molar-refractivity contribution < 1.29 is 49.0 Å². The Hall–Kier alpha value is -2.96. The highest BCUT2D eigenvalue weighted by Gasteiger charge is 2.38. The van der Waals surface area contributed by atoms with Gasteiger partial charge in [-0.1, -0.05) is 0 Å². The van der Waals surface area contributed by atoms with E-state index in [1.165, 1.54) is 6.07 Å². The molecule has 0 fully saturated rings. The molecule has 2 unspecified atom stereocenters. The maximum absolute atomic E-state index is 13.4. The highest BCUT2D eigenvalue weighted by Crippen LogP contribution is 2.41. The van der Waals surface area contributed by atoms with E-state index in [1.54, 1.807) is 11.8 Å². The van der Waals surface area contributed by atoms with Crippen LogP contribution in [0, 0.1) is 0 Å². The predicted molar refractivity (Wildman–Crippen MR) is 111 cm³/mol. The highest BCUT2D eigenvalue weighted by molar-refractivity contribution is 5.59. The molecule has 2 aromatic carbocycles. The number of alkyl halides is 9. The van der Waals surface area contributed by atoms with Gasteiger partial charge in [0.2, 0.25) is 0 Å². The van der Waals surface area contributed by atoms with Gasteiger partial charge in [0.05, 0.1) is 23.2 Å². The Morgan fingerprint density at radius 1 is 0.917 bits per heavy atom. The van der Waals surface area contributed by atoms with Gasteiger partial charge in [-0.25, -0.2) is 0 Å². The van der Waals surface area contributed by atoms with Crippen molar-refractivity contribution in [2.45, 2.75) is 50.5 Å². The van der Waals surface area contributed by atoms with Crippen LogP contribution < -0.4 is 10.2 Å². The Balaban J connectivity index is 1.95. The van der Waals surface area contributed by atoms with Crippen LogP contribution in [0.4, 0.5) is 45.2 Å². The van der Waals surface area contributed by atoms with Crippen molar-refractivity contribution in [1.29, 1.82) is 0 Å². The Bertz CT molecular complexity index is 1050. The van der Waals surface area contributed by atoms with Crippen LogP contribution in [0.15, 0.2) is 36.4 Å². The second-order valence-electron chi connectivity index (χ2n) is 8.36. The summed E-state index contributed by atoms with van der Waals surface area (Å²) in [6, 6.07) is 3.09. The van der Waals surface area contributed by atoms with Crippen LogP contribution in [0.5, 0.6) is 0 Å². The fraction of sp³-hybridized carbons (Fsp3) is 0.435. The topological polar surface area (TPSA) is 41.6 Å². The molecule has 13 heteroatoms. The molecule has 0 aliphatic carbocycles. The van der Waals surface area contributed by atoms with Crippen molar-refractivity contribution in [3.05, 3.63) is 64.2 Å². The number of halogens is 9. The zero-order chi connectivity index (χ0) is 26.9. The molecule has 0 amide bonds. The van der Waals surface area contributed by atoms with Crippen molar-refractivity contribution in [2.24, 2.45) is 0 Å². The van der Waals surface area contributed by atoms with Crippen LogP contribution in [-0.2, 0) is 34.6 Å². The van der Waals surface area contributed by atoms with Gasteiger partial charge in [-0.3, -0.25) is 4.79 Å². The van der Waals surface area contributed by atoms with Crippen LogP contribution in [0.2, 0.25) is 0 Å². The normalized spacial score (nSPS) is 18.7. The maximum atomic E-state index is 13.4. The van der Waals surface area contributed by atoms with Crippen LogP contribution in [0.1, 0.15) is 47.2 Å². The zero-order valence-corrected chi connectivity index (χ0v) is 18.7. The molecule has 3 rings (SSSR count). The standard InChI is InChI=1S/C23H21F9N2O2/c1-13-6-19(33-11-14-7-16(22(27,28)29)9-17(8-14)23(30,31)32)18-10-15(21(24,25)26)2-3-20(18)34(13)4-5-36-12-35/h2-3,7-10,12-13,19,33H,4-6,11H2,1H3. The number of anilines is 1. The van der Waals surface area contributed by atoms with Gasteiger partial charge in [-0.15, -0.1) is 0 Å². The SMILES string of the molecule is CC1CC(NCc2cc(C(F)(F)F)cc(C(F)(F)F)c2)c2cc(C(F)(F)F)ccc2N1CCOC=O. The first kappa shape index (κ1) is 27.6. The van der Waals surface area contributed by atoms with E-state index < -0.39 is 47.8 Å². The molecule has 2 atom stereocenters. The molecular weight excluding hydrogens is 507 g/mol. The van der Waals surface area contributed by atoms with Crippen molar-refractivity contribution in [3.63, 3.8) is 0 Å². The van der Waals surface area contributed by atoms with Crippen LogP contribution in [0.3, 0.4) is 0 Å². The zero-order valence-electron chi connectivity index (χ0n) is 18.7. The smallest absolute Gasteiger partial charge is 0.416 e. The van der Waals surface area contributed by atoms with Gasteiger partial charge in [-0.2, -0.15) is 39.5 Å². The van der Waals surface area contributed by atoms with Crippen molar-refractivity contribution in [2.75, 3.05) is 18.1 Å². The first-order valence-electron chi connectivity index (χ1n) is 10.7. The summed E-state index contributed by atoms with van der Waals surface area (Å²) in [7, 11) is 0. The Morgan fingerprint density at radius 3 is 2.03 bits per heavy atom. The fourth-order valence-corrected chi connectivity index (χ4v) is 4.20. The molecule has 1 aliphatic heterocycles. The number of carbonyl (C=O) groups is 1. The summed E-state index contributed by atoms with van der Waals surface area (Å²) in [5.41, 5.74) is -3.67. The molecule has 0 radical (unpaired) electrons. The van der Waals surface area contributed by atoms with E-state index in [-0.39, 0.29) is 49.3 Å². The van der Waals surface area contributed by atoms with E-state index in [9.17, 15) is 44.3 Å². The molecule has 0 spiro atoms. The van der Waals surface area contributed by atoms with Gasteiger partial charge < -0.3 is 15.0 Å². The van der Waals surface area contributed by atoms with Crippen LogP contribution >= 0.6 is 0 Å². The summed E-state index contributed by atoms with van der Waals surface area (Å²) in [5.74, 6) is 0. The summed E-state index contributed by atoms with van der Waals surface area (Å²) in [6.45, 7) is 1.68. The number of benzene rings is 2. The average Bonchev–Trinajstić information content (AvgIpc) is 2.77. The largest absolute Gasteiger partial charge is 0.466 e. The molecule has 1 aliphatic rings. The first-order chi connectivity index (χ1) is 16.6. The molecule has 2 aromatic rings.